The van der Waals surface area contributed by atoms with Gasteiger partial charge in [0, 0.05) is 32.4 Å². The van der Waals surface area contributed by atoms with Crippen molar-refractivity contribution in [3.8, 4) is 0 Å². The predicted molar refractivity (Wildman–Crippen MR) is 122 cm³/mol. The molecule has 0 saturated carbocycles. The van der Waals surface area contributed by atoms with Gasteiger partial charge in [-0.3, -0.25) is 9.89 Å². The first-order valence-electron chi connectivity index (χ1n) is 9.37. The fraction of sp³-hybridized carbons (Fsp3) is 0.684. The Hall–Kier alpha value is -0.600. The number of hydrogen-bond donors (Lipinski definition) is 2. The predicted octanol–water partition coefficient (Wildman–Crippen LogP) is 3.57. The van der Waals surface area contributed by atoms with Crippen LogP contribution in [0.4, 0.5) is 0 Å². The monoisotopic (exact) mass is 493 g/mol. The van der Waals surface area contributed by atoms with Gasteiger partial charge >= 0.3 is 0 Å². The number of nitrogens with one attached hydrogen (secondary N) is 2. The number of aromatic nitrogens is 1. The molecule has 0 aliphatic carbocycles. The van der Waals surface area contributed by atoms with Crippen LogP contribution in [-0.4, -0.2) is 55.1 Å². The Morgan fingerprint density at radius 3 is 2.58 bits per heavy atom. The van der Waals surface area contributed by atoms with Gasteiger partial charge in [0.15, 0.2) is 5.96 Å². The summed E-state index contributed by atoms with van der Waals surface area (Å²) >= 11 is 5.82. The molecule has 7 heteroatoms. The van der Waals surface area contributed by atoms with Crippen LogP contribution in [-0.2, 0) is 6.42 Å². The number of likely N-dealkylation sites (tertiary alicyclic amines) is 1. The van der Waals surface area contributed by atoms with E-state index in [2.05, 4.69) is 39.4 Å². The normalized spacial score (nSPS) is 16.4. The van der Waals surface area contributed by atoms with Gasteiger partial charge in [-0.1, -0.05) is 31.5 Å². The lowest BCUT2D eigenvalue weighted by Gasteiger charge is -2.29. The second-order valence-electron chi connectivity index (χ2n) is 7.15. The van der Waals surface area contributed by atoms with Crippen LogP contribution in [0.1, 0.15) is 38.7 Å². The van der Waals surface area contributed by atoms with Crippen molar-refractivity contribution in [1.82, 2.24) is 20.5 Å². The molecule has 148 valence electrons. The minimum absolute atomic E-state index is 0. The van der Waals surface area contributed by atoms with Gasteiger partial charge in [0.1, 0.15) is 5.15 Å². The summed E-state index contributed by atoms with van der Waals surface area (Å²) < 4.78 is 0. The molecule has 5 nitrogen and oxygen atoms in total. The van der Waals surface area contributed by atoms with Gasteiger partial charge < -0.3 is 10.6 Å². The Bertz CT molecular complexity index is 529. The molecule has 1 aromatic rings. The van der Waals surface area contributed by atoms with Crippen molar-refractivity contribution in [2.75, 3.05) is 33.2 Å². The molecule has 0 radical (unpaired) electrons. The maximum Gasteiger partial charge on any atom is 0.191 e. The molecule has 2 N–H and O–H groups in total. The van der Waals surface area contributed by atoms with Crippen LogP contribution in [0.2, 0.25) is 5.15 Å². The second-order valence-corrected chi connectivity index (χ2v) is 7.53. The molecule has 0 aromatic carbocycles. The van der Waals surface area contributed by atoms with E-state index in [1.807, 2.05) is 25.4 Å². The van der Waals surface area contributed by atoms with Crippen molar-refractivity contribution in [2.24, 2.45) is 10.9 Å². The smallest absolute Gasteiger partial charge is 0.191 e. The summed E-state index contributed by atoms with van der Waals surface area (Å²) in [5, 5.41) is 7.43. The van der Waals surface area contributed by atoms with E-state index in [-0.39, 0.29) is 24.0 Å². The molecule has 0 spiro atoms. The van der Waals surface area contributed by atoms with E-state index in [0.717, 1.165) is 25.5 Å². The van der Waals surface area contributed by atoms with Crippen LogP contribution in [0.15, 0.2) is 23.3 Å². The Balaban J connectivity index is 0.00000338. The van der Waals surface area contributed by atoms with E-state index in [4.69, 9.17) is 11.6 Å². The summed E-state index contributed by atoms with van der Waals surface area (Å²) in [4.78, 5) is 11.1. The lowest BCUT2D eigenvalue weighted by atomic mass is 10.0. The maximum atomic E-state index is 5.82. The standard InChI is InChI=1S/C19H32ClN5.HI/c1-15(2)12-17(25-10-4-5-11-25)14-24-19(21-3)22-9-8-16-6-7-18(20)23-13-16;/h6-7,13,15,17H,4-5,8-12,14H2,1-3H3,(H2,21,22,24);1H. The average molecular weight is 494 g/mol. The summed E-state index contributed by atoms with van der Waals surface area (Å²) in [6.45, 7) is 8.83. The fourth-order valence-electron chi connectivity index (χ4n) is 3.33. The van der Waals surface area contributed by atoms with Gasteiger partial charge in [-0.05, 0) is 56.3 Å². The third-order valence-electron chi connectivity index (χ3n) is 4.62. The first-order valence-corrected chi connectivity index (χ1v) is 9.75. The number of rotatable bonds is 8. The van der Waals surface area contributed by atoms with Crippen LogP contribution in [0.25, 0.3) is 0 Å². The summed E-state index contributed by atoms with van der Waals surface area (Å²) in [6, 6.07) is 4.43. The third-order valence-corrected chi connectivity index (χ3v) is 4.85. The van der Waals surface area contributed by atoms with E-state index in [1.54, 1.807) is 0 Å². The van der Waals surface area contributed by atoms with Crippen LogP contribution < -0.4 is 10.6 Å². The second kappa shape index (κ2) is 12.7. The zero-order valence-electron chi connectivity index (χ0n) is 16.2. The Morgan fingerprint density at radius 2 is 2.00 bits per heavy atom. The molecule has 1 fully saturated rings. The molecular formula is C19H33ClIN5. The van der Waals surface area contributed by atoms with Gasteiger partial charge in [0.2, 0.25) is 0 Å². The lowest BCUT2D eigenvalue weighted by molar-refractivity contribution is 0.213. The van der Waals surface area contributed by atoms with Gasteiger partial charge in [-0.25, -0.2) is 4.98 Å². The minimum Gasteiger partial charge on any atom is -0.356 e. The quantitative estimate of drug-likeness (QED) is 0.252. The van der Waals surface area contributed by atoms with Crippen LogP contribution in [0.3, 0.4) is 0 Å². The average Bonchev–Trinajstić information content (AvgIpc) is 3.12. The lowest BCUT2D eigenvalue weighted by Crippen LogP contribution is -2.47. The van der Waals surface area contributed by atoms with Crippen LogP contribution in [0.5, 0.6) is 0 Å². The van der Waals surface area contributed by atoms with E-state index in [9.17, 15) is 0 Å². The zero-order valence-corrected chi connectivity index (χ0v) is 19.3. The van der Waals surface area contributed by atoms with E-state index in [1.165, 1.54) is 37.9 Å². The first-order chi connectivity index (χ1) is 12.1. The molecule has 1 unspecified atom stereocenters. The van der Waals surface area contributed by atoms with Crippen LogP contribution >= 0.6 is 35.6 Å². The molecule has 1 aromatic heterocycles. The maximum absolute atomic E-state index is 5.82. The number of hydrogen-bond acceptors (Lipinski definition) is 3. The Kier molecular flexibility index (Phi) is 11.5. The van der Waals surface area contributed by atoms with Crippen molar-refractivity contribution in [3.63, 3.8) is 0 Å². The molecule has 26 heavy (non-hydrogen) atoms. The molecule has 0 amide bonds. The zero-order chi connectivity index (χ0) is 18.1. The molecule has 1 saturated heterocycles. The summed E-state index contributed by atoms with van der Waals surface area (Å²) in [6.07, 6.45) is 6.60. The largest absolute Gasteiger partial charge is 0.356 e. The highest BCUT2D eigenvalue weighted by molar-refractivity contribution is 14.0. The fourth-order valence-corrected chi connectivity index (χ4v) is 3.44. The van der Waals surface area contributed by atoms with E-state index in [0.29, 0.717) is 17.1 Å². The molecule has 0 bridgehead atoms. The molecule has 1 aliphatic heterocycles. The summed E-state index contributed by atoms with van der Waals surface area (Å²) in [5.74, 6) is 1.58. The Labute approximate surface area is 180 Å². The number of halogens is 2. The molecule has 2 rings (SSSR count). The van der Waals surface area contributed by atoms with Crippen molar-refractivity contribution in [1.29, 1.82) is 0 Å². The van der Waals surface area contributed by atoms with Crippen molar-refractivity contribution in [3.05, 3.63) is 29.0 Å². The van der Waals surface area contributed by atoms with Crippen molar-refractivity contribution in [2.45, 2.75) is 45.6 Å². The first kappa shape index (κ1) is 23.4. The van der Waals surface area contributed by atoms with Crippen molar-refractivity contribution < 1.29 is 0 Å². The minimum atomic E-state index is 0. The topological polar surface area (TPSA) is 52.6 Å². The highest BCUT2D eigenvalue weighted by atomic mass is 127. The van der Waals surface area contributed by atoms with Crippen LogP contribution in [0, 0.1) is 5.92 Å². The number of pyridine rings is 1. The SMILES string of the molecule is CN=C(NCCc1ccc(Cl)nc1)NCC(CC(C)C)N1CCCC1.I. The van der Waals surface area contributed by atoms with E-state index < -0.39 is 0 Å². The van der Waals surface area contributed by atoms with Gasteiger partial charge in [0.05, 0.1) is 0 Å². The molecule has 2 heterocycles. The highest BCUT2D eigenvalue weighted by Crippen LogP contribution is 2.17. The third kappa shape index (κ3) is 8.39. The molecular weight excluding hydrogens is 461 g/mol. The number of nitrogens with zero attached hydrogens (tertiary/aromatic N) is 3. The summed E-state index contributed by atoms with van der Waals surface area (Å²) in [7, 11) is 1.83. The summed E-state index contributed by atoms with van der Waals surface area (Å²) in [5.41, 5.74) is 1.17. The molecule has 1 atom stereocenters. The Morgan fingerprint density at radius 1 is 1.27 bits per heavy atom. The van der Waals surface area contributed by atoms with Crippen molar-refractivity contribution >= 4 is 41.5 Å². The molecule has 1 aliphatic rings. The van der Waals surface area contributed by atoms with Gasteiger partial charge in [0.25, 0.3) is 0 Å². The number of aliphatic imine (C=N–C) groups is 1. The highest BCUT2D eigenvalue weighted by Gasteiger charge is 2.22. The van der Waals surface area contributed by atoms with Gasteiger partial charge in [-0.15, -0.1) is 24.0 Å². The van der Waals surface area contributed by atoms with E-state index >= 15 is 0 Å². The number of guanidine groups is 1. The van der Waals surface area contributed by atoms with Gasteiger partial charge in [-0.2, -0.15) is 0 Å².